The van der Waals surface area contributed by atoms with E-state index in [4.69, 9.17) is 5.73 Å². The first-order chi connectivity index (χ1) is 15.5. The van der Waals surface area contributed by atoms with Gasteiger partial charge < -0.3 is 11.1 Å². The Balaban J connectivity index is 1.35. The number of aromatic nitrogens is 3. The van der Waals surface area contributed by atoms with Gasteiger partial charge in [0, 0.05) is 29.1 Å². The van der Waals surface area contributed by atoms with Gasteiger partial charge in [0.1, 0.15) is 9.71 Å². The molecule has 32 heavy (non-hydrogen) atoms. The van der Waals surface area contributed by atoms with Gasteiger partial charge in [0.15, 0.2) is 0 Å². The molecule has 0 fully saturated rings. The molecule has 158 valence electrons. The zero-order chi connectivity index (χ0) is 22.2. The topological polar surface area (TPSA) is 93.8 Å². The van der Waals surface area contributed by atoms with E-state index in [-0.39, 0.29) is 5.91 Å². The van der Waals surface area contributed by atoms with E-state index in [1.54, 1.807) is 0 Å². The number of fused-ring (bicyclic) bond motifs is 2. The van der Waals surface area contributed by atoms with E-state index in [2.05, 4.69) is 50.8 Å². The van der Waals surface area contributed by atoms with E-state index in [0.717, 1.165) is 44.2 Å². The number of amides is 1. The largest absolute Gasteiger partial charge is 0.397 e. The maximum atomic E-state index is 12.8. The molecule has 1 amide bonds. The minimum absolute atomic E-state index is 0.204. The Morgan fingerprint density at radius 2 is 1.81 bits per heavy atom. The smallest absolute Gasteiger partial charge is 0.263 e. The third-order valence-corrected chi connectivity index (χ3v) is 6.78. The number of hydrogen-bond acceptors (Lipinski definition) is 6. The predicted molar refractivity (Wildman–Crippen MR) is 130 cm³/mol. The first-order valence-corrected chi connectivity index (χ1v) is 11.1. The molecular formula is C25H21N5OS. The lowest BCUT2D eigenvalue weighted by Gasteiger charge is -2.08. The lowest BCUT2D eigenvalue weighted by Crippen LogP contribution is -2.22. The molecule has 0 atom stereocenters. The number of carbonyl (C=O) groups is 1. The summed E-state index contributed by atoms with van der Waals surface area (Å²) in [7, 11) is 0. The number of pyridine rings is 1. The van der Waals surface area contributed by atoms with Crippen LogP contribution in [-0.2, 0) is 6.54 Å². The number of nitrogens with one attached hydrogen (secondary N) is 1. The van der Waals surface area contributed by atoms with Crippen molar-refractivity contribution in [3.8, 4) is 11.1 Å². The quantitative estimate of drug-likeness (QED) is 0.409. The Bertz CT molecular complexity index is 1470. The van der Waals surface area contributed by atoms with Gasteiger partial charge in [-0.05, 0) is 36.6 Å². The second kappa shape index (κ2) is 8.01. The van der Waals surface area contributed by atoms with E-state index in [9.17, 15) is 4.79 Å². The molecule has 3 N–H and O–H groups in total. The number of nitrogens with two attached hydrogens (primary N) is 1. The number of hydrogen-bond donors (Lipinski definition) is 2. The second-order valence-electron chi connectivity index (χ2n) is 7.70. The summed E-state index contributed by atoms with van der Waals surface area (Å²) in [5.41, 5.74) is 12.7. The van der Waals surface area contributed by atoms with Crippen molar-refractivity contribution in [1.29, 1.82) is 0 Å². The molecule has 5 aromatic rings. The summed E-state index contributed by atoms with van der Waals surface area (Å²) in [6.45, 7) is 4.24. The number of benzene rings is 2. The lowest BCUT2D eigenvalue weighted by molar-refractivity contribution is 0.0956. The fraction of sp³-hybridized carbons (Fsp3) is 0.120. The maximum absolute atomic E-state index is 12.8. The van der Waals surface area contributed by atoms with Gasteiger partial charge in [-0.2, -0.15) is 5.10 Å². The Kier molecular flexibility index (Phi) is 5.03. The number of thiophene rings is 1. The average Bonchev–Trinajstić information content (AvgIpc) is 3.17. The van der Waals surface area contributed by atoms with Crippen molar-refractivity contribution < 1.29 is 4.79 Å². The molecule has 0 radical (unpaired) electrons. The van der Waals surface area contributed by atoms with Gasteiger partial charge >= 0.3 is 0 Å². The highest BCUT2D eigenvalue weighted by atomic mass is 32.1. The van der Waals surface area contributed by atoms with Crippen LogP contribution in [0, 0.1) is 13.8 Å². The minimum atomic E-state index is -0.204. The van der Waals surface area contributed by atoms with Crippen molar-refractivity contribution >= 4 is 44.1 Å². The summed E-state index contributed by atoms with van der Waals surface area (Å²) in [6.07, 6.45) is 1.81. The molecule has 7 heteroatoms. The van der Waals surface area contributed by atoms with Crippen LogP contribution in [0.25, 0.3) is 32.2 Å². The number of nitrogen functional groups attached to an aromatic ring is 1. The average molecular weight is 440 g/mol. The van der Waals surface area contributed by atoms with E-state index in [1.165, 1.54) is 11.3 Å². The predicted octanol–water partition coefficient (Wildman–Crippen LogP) is 5.04. The van der Waals surface area contributed by atoms with Gasteiger partial charge in [-0.25, -0.2) is 0 Å². The van der Waals surface area contributed by atoms with Gasteiger partial charge in [-0.3, -0.25) is 9.78 Å². The van der Waals surface area contributed by atoms with Crippen LogP contribution in [0.1, 0.15) is 26.5 Å². The fourth-order valence-electron chi connectivity index (χ4n) is 3.81. The number of rotatable bonds is 4. The fourth-order valence-corrected chi connectivity index (χ4v) is 4.83. The van der Waals surface area contributed by atoms with E-state index in [1.807, 2.05) is 44.3 Å². The molecule has 3 heterocycles. The molecular weight excluding hydrogens is 418 g/mol. The van der Waals surface area contributed by atoms with Crippen LogP contribution >= 0.6 is 11.3 Å². The first-order valence-electron chi connectivity index (χ1n) is 10.3. The van der Waals surface area contributed by atoms with Crippen molar-refractivity contribution in [2.45, 2.75) is 20.4 Å². The first kappa shape index (κ1) is 20.1. The molecule has 0 spiro atoms. The van der Waals surface area contributed by atoms with Gasteiger partial charge in [-0.15, -0.1) is 16.4 Å². The van der Waals surface area contributed by atoms with Gasteiger partial charge in [-0.1, -0.05) is 48.5 Å². The van der Waals surface area contributed by atoms with Crippen LogP contribution in [0.3, 0.4) is 0 Å². The van der Waals surface area contributed by atoms with Crippen LogP contribution in [0.15, 0.2) is 60.8 Å². The summed E-state index contributed by atoms with van der Waals surface area (Å²) in [4.78, 5) is 18.5. The van der Waals surface area contributed by atoms with Crippen molar-refractivity contribution in [1.82, 2.24) is 20.5 Å². The summed E-state index contributed by atoms with van der Waals surface area (Å²) < 4.78 is 0. The molecule has 2 aromatic carbocycles. The highest BCUT2D eigenvalue weighted by Crippen LogP contribution is 2.34. The number of carbonyl (C=O) groups excluding carboxylic acids is 1. The van der Waals surface area contributed by atoms with Crippen molar-refractivity contribution in [3.05, 3.63) is 82.5 Å². The Labute approximate surface area is 189 Å². The van der Waals surface area contributed by atoms with Crippen molar-refractivity contribution in [2.75, 3.05) is 5.73 Å². The van der Waals surface area contributed by atoms with Gasteiger partial charge in [0.05, 0.1) is 16.9 Å². The molecule has 0 aliphatic carbocycles. The third-order valence-electron chi connectivity index (χ3n) is 5.69. The number of nitrogens with zero attached hydrogens (tertiary/aromatic N) is 3. The minimum Gasteiger partial charge on any atom is -0.397 e. The van der Waals surface area contributed by atoms with Crippen molar-refractivity contribution in [2.24, 2.45) is 0 Å². The molecule has 5 rings (SSSR count). The molecule has 0 aliphatic heterocycles. The molecule has 0 saturated heterocycles. The SMILES string of the molecule is Cc1nnc2sc(C(=O)NCc3ccc(-c4cccc5cccnc45)cc3)c(N)c2c1C. The number of aryl methyl sites for hydroxylation is 2. The van der Waals surface area contributed by atoms with Gasteiger partial charge in [0.25, 0.3) is 5.91 Å². The van der Waals surface area contributed by atoms with Crippen molar-refractivity contribution in [3.63, 3.8) is 0 Å². The Morgan fingerprint density at radius 3 is 2.62 bits per heavy atom. The number of anilines is 1. The summed E-state index contributed by atoms with van der Waals surface area (Å²) in [5.74, 6) is -0.204. The van der Waals surface area contributed by atoms with E-state index < -0.39 is 0 Å². The van der Waals surface area contributed by atoms with Gasteiger partial charge in [0.2, 0.25) is 0 Å². The zero-order valence-corrected chi connectivity index (χ0v) is 18.5. The zero-order valence-electron chi connectivity index (χ0n) is 17.7. The molecule has 0 aliphatic rings. The summed E-state index contributed by atoms with van der Waals surface area (Å²) in [5, 5.41) is 13.2. The monoisotopic (exact) mass is 439 g/mol. The second-order valence-corrected chi connectivity index (χ2v) is 8.69. The highest BCUT2D eigenvalue weighted by molar-refractivity contribution is 7.21. The van der Waals surface area contributed by atoms with Crippen LogP contribution in [0.2, 0.25) is 0 Å². The Morgan fingerprint density at radius 1 is 1.03 bits per heavy atom. The molecule has 3 aromatic heterocycles. The molecule has 0 unspecified atom stereocenters. The normalized spacial score (nSPS) is 11.2. The Hall–Kier alpha value is -3.84. The summed E-state index contributed by atoms with van der Waals surface area (Å²) in [6, 6.07) is 18.3. The number of para-hydroxylation sites is 1. The highest BCUT2D eigenvalue weighted by Gasteiger charge is 2.19. The van der Waals surface area contributed by atoms with Crippen LogP contribution in [0.5, 0.6) is 0 Å². The molecule has 6 nitrogen and oxygen atoms in total. The standard InChI is InChI=1S/C25H21N5OS/c1-14-15(2)29-30-25-20(14)21(26)23(32-25)24(31)28-13-16-8-10-17(11-9-16)19-7-3-5-18-6-4-12-27-22(18)19/h3-12H,13,26H2,1-2H3,(H,28,31). The third kappa shape index (κ3) is 3.46. The summed E-state index contributed by atoms with van der Waals surface area (Å²) >= 11 is 1.27. The maximum Gasteiger partial charge on any atom is 0.263 e. The van der Waals surface area contributed by atoms with Crippen LogP contribution in [0.4, 0.5) is 5.69 Å². The van der Waals surface area contributed by atoms with E-state index >= 15 is 0 Å². The van der Waals surface area contributed by atoms with Crippen LogP contribution in [-0.4, -0.2) is 21.1 Å². The molecule has 0 bridgehead atoms. The van der Waals surface area contributed by atoms with E-state index in [0.29, 0.717) is 21.9 Å². The lowest BCUT2D eigenvalue weighted by atomic mass is 10.0. The van der Waals surface area contributed by atoms with Crippen LogP contribution < -0.4 is 11.1 Å². The molecule has 0 saturated carbocycles.